The topological polar surface area (TPSA) is 136 Å². The summed E-state index contributed by atoms with van der Waals surface area (Å²) < 4.78 is 5.12. The summed E-state index contributed by atoms with van der Waals surface area (Å²) in [5, 5.41) is 8.73. The van der Waals surface area contributed by atoms with Crippen LogP contribution in [0, 0.1) is 0 Å². The molecule has 0 fully saturated rings. The van der Waals surface area contributed by atoms with E-state index in [4.69, 9.17) is 21.3 Å². The van der Waals surface area contributed by atoms with Crippen molar-refractivity contribution in [2.24, 2.45) is 5.73 Å². The fourth-order valence-electron chi connectivity index (χ4n) is 1.66. The molecule has 2 amide bonds. The van der Waals surface area contributed by atoms with E-state index in [1.54, 1.807) is 0 Å². The molecule has 1 heterocycles. The van der Waals surface area contributed by atoms with Crippen LogP contribution in [0.25, 0.3) is 0 Å². The lowest BCUT2D eigenvalue weighted by atomic mass is 10.1. The maximum atomic E-state index is 11.9. The summed E-state index contributed by atoms with van der Waals surface area (Å²) in [6.45, 7) is -0.366. The predicted octanol–water partition coefficient (Wildman–Crippen LogP) is -1.07. The third-order valence-corrected chi connectivity index (χ3v) is 2.58. The average Bonchev–Trinajstić information content (AvgIpc) is 2.36. The van der Waals surface area contributed by atoms with Crippen molar-refractivity contribution in [2.45, 2.75) is 6.04 Å². The van der Waals surface area contributed by atoms with Gasteiger partial charge in [-0.3, -0.25) is 9.59 Å². The van der Waals surface area contributed by atoms with Gasteiger partial charge in [0.05, 0.1) is 5.69 Å². The predicted molar refractivity (Wildman–Crippen MR) is 64.5 cm³/mol. The first kappa shape index (κ1) is 12.8. The number of amides is 2. The van der Waals surface area contributed by atoms with E-state index >= 15 is 0 Å². The van der Waals surface area contributed by atoms with Crippen molar-refractivity contribution in [3.8, 4) is 5.75 Å². The van der Waals surface area contributed by atoms with E-state index in [1.165, 1.54) is 18.2 Å². The van der Waals surface area contributed by atoms with Gasteiger partial charge in [0, 0.05) is 5.69 Å². The molecule has 100 valence electrons. The average molecular weight is 265 g/mol. The number of aliphatic carboxylic acids is 1. The van der Waals surface area contributed by atoms with Crippen LogP contribution in [0.15, 0.2) is 18.2 Å². The number of hydrogen-bond donors (Lipinski definition) is 3. The second-order valence-electron chi connectivity index (χ2n) is 3.90. The standard InChI is InChI=1S/C11H11N3O5/c12-5-1-2-7-6(3-5)14(8(15)4-19-7)10(16)9(13)11(17)18/h1-3,9H,4,12-13H2,(H,17,18). The molecule has 1 aliphatic heterocycles. The number of nitrogens with two attached hydrogens (primary N) is 2. The van der Waals surface area contributed by atoms with Gasteiger partial charge in [0.1, 0.15) is 5.75 Å². The van der Waals surface area contributed by atoms with Crippen LogP contribution in [0.4, 0.5) is 11.4 Å². The highest BCUT2D eigenvalue weighted by Crippen LogP contribution is 2.34. The van der Waals surface area contributed by atoms with Crippen LogP contribution in [0.3, 0.4) is 0 Å². The Hall–Kier alpha value is -2.61. The number of carboxylic acid groups (broad SMARTS) is 1. The van der Waals surface area contributed by atoms with Crippen molar-refractivity contribution in [1.29, 1.82) is 0 Å². The van der Waals surface area contributed by atoms with Gasteiger partial charge >= 0.3 is 5.97 Å². The number of rotatable bonds is 2. The third kappa shape index (κ3) is 2.20. The number of carbonyl (C=O) groups excluding carboxylic acids is 2. The normalized spacial score (nSPS) is 15.4. The van der Waals surface area contributed by atoms with Gasteiger partial charge < -0.3 is 21.3 Å². The molecule has 0 aliphatic carbocycles. The minimum Gasteiger partial charge on any atom is -0.482 e. The molecule has 1 aromatic carbocycles. The third-order valence-electron chi connectivity index (χ3n) is 2.58. The van der Waals surface area contributed by atoms with Crippen molar-refractivity contribution in [3.05, 3.63) is 18.2 Å². The van der Waals surface area contributed by atoms with Crippen LogP contribution in [0.2, 0.25) is 0 Å². The molecule has 0 saturated carbocycles. The summed E-state index contributed by atoms with van der Waals surface area (Å²) >= 11 is 0. The van der Waals surface area contributed by atoms with Gasteiger partial charge in [-0.15, -0.1) is 0 Å². The Morgan fingerprint density at radius 3 is 2.74 bits per heavy atom. The minimum atomic E-state index is -1.82. The zero-order valence-electron chi connectivity index (χ0n) is 9.70. The number of hydrogen-bond acceptors (Lipinski definition) is 6. The van der Waals surface area contributed by atoms with E-state index in [2.05, 4.69) is 0 Å². The van der Waals surface area contributed by atoms with Crippen LogP contribution in [0.5, 0.6) is 5.75 Å². The molecular formula is C11H11N3O5. The molecule has 19 heavy (non-hydrogen) atoms. The number of imide groups is 1. The molecular weight excluding hydrogens is 254 g/mol. The highest BCUT2D eigenvalue weighted by Gasteiger charge is 2.36. The molecule has 1 unspecified atom stereocenters. The Balaban J connectivity index is 2.46. The quantitative estimate of drug-likeness (QED) is 0.457. The summed E-state index contributed by atoms with van der Waals surface area (Å²) in [4.78, 5) is 35.1. The molecule has 1 atom stereocenters. The second kappa shape index (κ2) is 4.58. The first-order valence-electron chi connectivity index (χ1n) is 5.29. The Bertz CT molecular complexity index is 571. The van der Waals surface area contributed by atoms with Crippen LogP contribution in [-0.2, 0) is 14.4 Å². The highest BCUT2D eigenvalue weighted by molar-refractivity contribution is 6.23. The van der Waals surface area contributed by atoms with Gasteiger partial charge in [0.25, 0.3) is 11.8 Å². The van der Waals surface area contributed by atoms with Gasteiger partial charge in [-0.25, -0.2) is 9.69 Å². The smallest absolute Gasteiger partial charge is 0.330 e. The Kier molecular flexibility index (Phi) is 3.09. The molecule has 8 nitrogen and oxygen atoms in total. The Morgan fingerprint density at radius 1 is 1.42 bits per heavy atom. The maximum Gasteiger partial charge on any atom is 0.330 e. The fraction of sp³-hybridized carbons (Fsp3) is 0.182. The van der Waals surface area contributed by atoms with Crippen molar-refractivity contribution >= 4 is 29.2 Å². The fourth-order valence-corrected chi connectivity index (χ4v) is 1.66. The van der Waals surface area contributed by atoms with Crippen LogP contribution in [-0.4, -0.2) is 35.5 Å². The summed E-state index contributed by atoms with van der Waals surface area (Å²) in [6, 6.07) is 2.55. The first-order chi connectivity index (χ1) is 8.91. The van der Waals surface area contributed by atoms with Gasteiger partial charge in [-0.05, 0) is 18.2 Å². The number of benzene rings is 1. The lowest BCUT2D eigenvalue weighted by Gasteiger charge is -2.28. The molecule has 0 radical (unpaired) electrons. The Morgan fingerprint density at radius 2 is 2.11 bits per heavy atom. The Labute approximate surface area is 107 Å². The van der Waals surface area contributed by atoms with E-state index < -0.39 is 23.8 Å². The number of carbonyl (C=O) groups is 3. The first-order valence-corrected chi connectivity index (χ1v) is 5.29. The van der Waals surface area contributed by atoms with Gasteiger partial charge in [-0.1, -0.05) is 0 Å². The van der Waals surface area contributed by atoms with E-state index in [9.17, 15) is 14.4 Å². The van der Waals surface area contributed by atoms with Crippen LogP contribution < -0.4 is 21.1 Å². The molecule has 8 heteroatoms. The molecule has 0 spiro atoms. The van der Waals surface area contributed by atoms with Gasteiger partial charge in [-0.2, -0.15) is 0 Å². The van der Waals surface area contributed by atoms with Crippen molar-refractivity contribution < 1.29 is 24.2 Å². The van der Waals surface area contributed by atoms with Crippen LogP contribution >= 0.6 is 0 Å². The number of fused-ring (bicyclic) bond motifs is 1. The zero-order chi connectivity index (χ0) is 14.2. The van der Waals surface area contributed by atoms with E-state index in [1.807, 2.05) is 0 Å². The molecule has 1 aliphatic rings. The summed E-state index contributed by atoms with van der Waals surface area (Å²) in [5.74, 6) is -2.98. The van der Waals surface area contributed by atoms with E-state index in [0.717, 1.165) is 0 Å². The second-order valence-corrected chi connectivity index (χ2v) is 3.90. The maximum absolute atomic E-state index is 11.9. The molecule has 5 N–H and O–H groups in total. The monoisotopic (exact) mass is 265 g/mol. The molecule has 0 aromatic heterocycles. The molecule has 2 rings (SSSR count). The number of anilines is 2. The highest BCUT2D eigenvalue weighted by atomic mass is 16.5. The van der Waals surface area contributed by atoms with Gasteiger partial charge in [0.15, 0.2) is 12.6 Å². The van der Waals surface area contributed by atoms with Crippen LogP contribution in [0.1, 0.15) is 0 Å². The molecule has 0 saturated heterocycles. The zero-order valence-corrected chi connectivity index (χ0v) is 9.70. The number of ether oxygens (including phenoxy) is 1. The minimum absolute atomic E-state index is 0.0953. The summed E-state index contributed by atoms with van der Waals surface area (Å²) in [6.07, 6.45) is 0. The van der Waals surface area contributed by atoms with Crippen molar-refractivity contribution in [2.75, 3.05) is 17.2 Å². The van der Waals surface area contributed by atoms with E-state index in [0.29, 0.717) is 10.6 Å². The van der Waals surface area contributed by atoms with Crippen molar-refractivity contribution in [3.63, 3.8) is 0 Å². The lowest BCUT2D eigenvalue weighted by Crippen LogP contribution is -2.53. The lowest BCUT2D eigenvalue weighted by molar-refractivity contribution is -0.142. The van der Waals surface area contributed by atoms with Crippen molar-refractivity contribution in [1.82, 2.24) is 0 Å². The summed E-state index contributed by atoms with van der Waals surface area (Å²) in [7, 11) is 0. The SMILES string of the molecule is Nc1ccc2c(c1)N(C(=O)C(N)C(=O)O)C(=O)CO2. The number of nitrogens with zero attached hydrogens (tertiary/aromatic N) is 1. The molecule has 1 aromatic rings. The van der Waals surface area contributed by atoms with E-state index in [-0.39, 0.29) is 18.0 Å². The molecule has 0 bridgehead atoms. The van der Waals surface area contributed by atoms with Gasteiger partial charge in [0.2, 0.25) is 0 Å². The number of nitrogen functional groups attached to an aromatic ring is 1. The number of carboxylic acids is 1. The largest absolute Gasteiger partial charge is 0.482 e. The summed E-state index contributed by atoms with van der Waals surface area (Å²) in [5.41, 5.74) is 11.2.